The van der Waals surface area contributed by atoms with E-state index in [9.17, 15) is 4.79 Å². The summed E-state index contributed by atoms with van der Waals surface area (Å²) in [5.41, 5.74) is 1.31. The molecule has 0 aliphatic carbocycles. The molecule has 1 amide bonds. The molecule has 0 aliphatic heterocycles. The number of hydrogen-bond donors (Lipinski definition) is 2. The number of ether oxygens (including phenoxy) is 3. The van der Waals surface area contributed by atoms with Gasteiger partial charge in [0, 0.05) is 20.2 Å². The zero-order chi connectivity index (χ0) is 18.8. The maximum absolute atomic E-state index is 12.1. The molecule has 0 fully saturated rings. The van der Waals surface area contributed by atoms with Crippen molar-refractivity contribution < 1.29 is 19.0 Å². The molecule has 2 aromatic rings. The summed E-state index contributed by atoms with van der Waals surface area (Å²) in [5.74, 6) is 1.68. The van der Waals surface area contributed by atoms with Crippen molar-refractivity contribution >= 4 is 11.7 Å². The molecule has 0 unspecified atom stereocenters. The Bertz CT molecular complexity index is 707. The average molecular weight is 360 g/mol. The van der Waals surface area contributed by atoms with E-state index < -0.39 is 0 Å². The number of hydrogen-bond acceptors (Lipinski definition) is 7. The Balaban J connectivity index is 1.83. The monoisotopic (exact) mass is 360 g/mol. The lowest BCUT2D eigenvalue weighted by molar-refractivity contribution is 0.0949. The summed E-state index contributed by atoms with van der Waals surface area (Å²) in [6.07, 6.45) is 3.63. The minimum atomic E-state index is -0.263. The van der Waals surface area contributed by atoms with Gasteiger partial charge in [0.05, 0.1) is 33.2 Å². The number of nitrogens with one attached hydrogen (secondary N) is 2. The summed E-state index contributed by atoms with van der Waals surface area (Å²) < 4.78 is 15.4. The number of benzene rings is 1. The lowest BCUT2D eigenvalue weighted by atomic mass is 10.1. The van der Waals surface area contributed by atoms with Crippen LogP contribution in [0.4, 0.5) is 5.82 Å². The summed E-state index contributed by atoms with van der Waals surface area (Å²) in [6, 6.07) is 5.68. The molecule has 1 aromatic carbocycles. The van der Waals surface area contributed by atoms with Crippen LogP contribution in [-0.2, 0) is 11.2 Å². The van der Waals surface area contributed by atoms with Crippen LogP contribution in [0.3, 0.4) is 0 Å². The number of amides is 1. The molecular formula is C18H24N4O4. The lowest BCUT2D eigenvalue weighted by Gasteiger charge is -2.10. The van der Waals surface area contributed by atoms with Crippen LogP contribution in [0.2, 0.25) is 0 Å². The zero-order valence-corrected chi connectivity index (χ0v) is 15.2. The van der Waals surface area contributed by atoms with Crippen LogP contribution in [0.25, 0.3) is 0 Å². The first kappa shape index (κ1) is 19.5. The summed E-state index contributed by atoms with van der Waals surface area (Å²) in [4.78, 5) is 20.4. The first-order valence-corrected chi connectivity index (χ1v) is 8.22. The largest absolute Gasteiger partial charge is 0.493 e. The van der Waals surface area contributed by atoms with Crippen molar-refractivity contribution in [3.63, 3.8) is 0 Å². The third-order valence-electron chi connectivity index (χ3n) is 3.64. The second-order valence-corrected chi connectivity index (χ2v) is 5.40. The number of carbonyl (C=O) groups is 1. The molecule has 0 radical (unpaired) electrons. The van der Waals surface area contributed by atoms with Gasteiger partial charge in [-0.25, -0.2) is 9.97 Å². The molecule has 1 aromatic heterocycles. The van der Waals surface area contributed by atoms with Crippen LogP contribution in [0.1, 0.15) is 16.1 Å². The highest BCUT2D eigenvalue weighted by molar-refractivity contribution is 5.91. The minimum absolute atomic E-state index is 0.263. The number of nitrogens with zero attached hydrogens (tertiary/aromatic N) is 2. The van der Waals surface area contributed by atoms with Crippen molar-refractivity contribution in [1.29, 1.82) is 0 Å². The van der Waals surface area contributed by atoms with Crippen LogP contribution < -0.4 is 20.1 Å². The van der Waals surface area contributed by atoms with E-state index in [0.717, 1.165) is 5.56 Å². The maximum atomic E-state index is 12.1. The van der Waals surface area contributed by atoms with E-state index in [1.54, 1.807) is 21.3 Å². The molecule has 0 bridgehead atoms. The van der Waals surface area contributed by atoms with E-state index in [4.69, 9.17) is 14.2 Å². The van der Waals surface area contributed by atoms with Gasteiger partial charge in [0.2, 0.25) is 0 Å². The van der Waals surface area contributed by atoms with E-state index in [0.29, 0.717) is 43.4 Å². The van der Waals surface area contributed by atoms with Crippen LogP contribution in [-0.4, -0.2) is 56.9 Å². The van der Waals surface area contributed by atoms with Crippen molar-refractivity contribution in [3.05, 3.63) is 41.9 Å². The molecule has 8 heteroatoms. The topological polar surface area (TPSA) is 94.6 Å². The Morgan fingerprint density at radius 1 is 1.04 bits per heavy atom. The summed E-state index contributed by atoms with van der Waals surface area (Å²) in [6.45, 7) is 1.67. The van der Waals surface area contributed by atoms with Crippen LogP contribution >= 0.6 is 0 Å². The fourth-order valence-electron chi connectivity index (χ4n) is 2.26. The van der Waals surface area contributed by atoms with E-state index in [1.165, 1.54) is 12.4 Å². The Morgan fingerprint density at radius 2 is 1.85 bits per heavy atom. The van der Waals surface area contributed by atoms with Gasteiger partial charge in [0.1, 0.15) is 11.5 Å². The summed E-state index contributed by atoms with van der Waals surface area (Å²) in [5, 5.41) is 5.88. The van der Waals surface area contributed by atoms with Crippen LogP contribution in [0.15, 0.2) is 30.6 Å². The van der Waals surface area contributed by atoms with Gasteiger partial charge >= 0.3 is 0 Å². The molecule has 0 saturated carbocycles. The minimum Gasteiger partial charge on any atom is -0.493 e. The SMILES string of the molecule is COCCNc1cnc(C(=O)NCCc2ccc(OC)c(OC)c2)cn1. The standard InChI is InChI=1S/C18H24N4O4/c1-24-9-8-19-17-12-21-14(11-22-17)18(23)20-7-6-13-4-5-15(25-2)16(10-13)26-3/h4-5,10-12H,6-9H2,1-3H3,(H,19,22)(H,20,23). The molecule has 26 heavy (non-hydrogen) atoms. The predicted octanol–water partition coefficient (Wildman–Crippen LogP) is 1.52. The van der Waals surface area contributed by atoms with Crippen molar-refractivity contribution in [3.8, 4) is 11.5 Å². The van der Waals surface area contributed by atoms with Gasteiger partial charge in [0.15, 0.2) is 11.5 Å². The molecular weight excluding hydrogens is 336 g/mol. The van der Waals surface area contributed by atoms with E-state index in [1.807, 2.05) is 18.2 Å². The van der Waals surface area contributed by atoms with Crippen molar-refractivity contribution in [2.24, 2.45) is 0 Å². The van der Waals surface area contributed by atoms with E-state index in [2.05, 4.69) is 20.6 Å². The normalized spacial score (nSPS) is 10.3. The number of methoxy groups -OCH3 is 3. The summed E-state index contributed by atoms with van der Waals surface area (Å²) >= 11 is 0. The van der Waals surface area contributed by atoms with Gasteiger partial charge in [-0.2, -0.15) is 0 Å². The first-order chi connectivity index (χ1) is 12.7. The third kappa shape index (κ3) is 5.59. The fraction of sp³-hybridized carbons (Fsp3) is 0.389. The molecule has 0 saturated heterocycles. The first-order valence-electron chi connectivity index (χ1n) is 8.22. The Hall–Kier alpha value is -2.87. The second-order valence-electron chi connectivity index (χ2n) is 5.40. The highest BCUT2D eigenvalue weighted by Gasteiger charge is 2.09. The average Bonchev–Trinajstić information content (AvgIpc) is 2.68. The number of anilines is 1. The van der Waals surface area contributed by atoms with Gasteiger partial charge < -0.3 is 24.8 Å². The zero-order valence-electron chi connectivity index (χ0n) is 15.2. The third-order valence-corrected chi connectivity index (χ3v) is 3.64. The molecule has 140 valence electrons. The van der Waals surface area contributed by atoms with Gasteiger partial charge in [-0.15, -0.1) is 0 Å². The Kier molecular flexibility index (Phi) is 7.63. The molecule has 2 rings (SSSR count). The number of aromatic nitrogens is 2. The van der Waals surface area contributed by atoms with Crippen LogP contribution in [0, 0.1) is 0 Å². The molecule has 8 nitrogen and oxygen atoms in total. The maximum Gasteiger partial charge on any atom is 0.271 e. The quantitative estimate of drug-likeness (QED) is 0.620. The summed E-state index contributed by atoms with van der Waals surface area (Å²) in [7, 11) is 4.82. The van der Waals surface area contributed by atoms with Gasteiger partial charge in [-0.05, 0) is 24.1 Å². The smallest absolute Gasteiger partial charge is 0.271 e. The highest BCUT2D eigenvalue weighted by atomic mass is 16.5. The van der Waals surface area contributed by atoms with E-state index >= 15 is 0 Å². The van der Waals surface area contributed by atoms with Crippen molar-refractivity contribution in [1.82, 2.24) is 15.3 Å². The van der Waals surface area contributed by atoms with Gasteiger partial charge in [0.25, 0.3) is 5.91 Å². The van der Waals surface area contributed by atoms with Crippen molar-refractivity contribution in [2.45, 2.75) is 6.42 Å². The Morgan fingerprint density at radius 3 is 2.50 bits per heavy atom. The molecule has 0 atom stereocenters. The highest BCUT2D eigenvalue weighted by Crippen LogP contribution is 2.27. The van der Waals surface area contributed by atoms with Crippen molar-refractivity contribution in [2.75, 3.05) is 46.3 Å². The van der Waals surface area contributed by atoms with Gasteiger partial charge in [-0.3, -0.25) is 4.79 Å². The van der Waals surface area contributed by atoms with Crippen LogP contribution in [0.5, 0.6) is 11.5 Å². The number of carbonyl (C=O) groups excluding carboxylic acids is 1. The molecule has 0 spiro atoms. The second kappa shape index (κ2) is 10.2. The Labute approximate surface area is 152 Å². The number of rotatable bonds is 10. The molecule has 1 heterocycles. The molecule has 0 aliphatic rings. The van der Waals surface area contributed by atoms with Gasteiger partial charge in [-0.1, -0.05) is 6.07 Å². The van der Waals surface area contributed by atoms with E-state index in [-0.39, 0.29) is 11.6 Å². The molecule has 2 N–H and O–H groups in total. The predicted molar refractivity (Wildman–Crippen MR) is 98.0 cm³/mol. The lowest BCUT2D eigenvalue weighted by Crippen LogP contribution is -2.26. The fourth-order valence-corrected chi connectivity index (χ4v) is 2.26.